The first kappa shape index (κ1) is 23.3. The van der Waals surface area contributed by atoms with Crippen LogP contribution in [-0.4, -0.2) is 35.7 Å². The number of benzene rings is 3. The number of carbonyl (C=O) groups is 1. The van der Waals surface area contributed by atoms with Crippen LogP contribution in [-0.2, 0) is 16.1 Å². The van der Waals surface area contributed by atoms with Crippen molar-refractivity contribution in [3.63, 3.8) is 0 Å². The minimum atomic E-state index is -1.10. The average Bonchev–Trinajstić information content (AvgIpc) is 2.68. The molecule has 0 radical (unpaired) electrons. The second kappa shape index (κ2) is 8.99. The Kier molecular flexibility index (Phi) is 6.75. The van der Waals surface area contributed by atoms with E-state index in [-0.39, 0.29) is 0 Å². The van der Waals surface area contributed by atoms with Gasteiger partial charge in [0.15, 0.2) is 6.10 Å². The molecule has 0 aromatic heterocycles. The zero-order valence-electron chi connectivity index (χ0n) is 19.0. The standard InChI is InChI=1S/C26H30ClNO3/c1-16-21(15-28(5)6)19-9-7-8-10-20(19)23(17-11-13-18(27)14-12-17)22(16)24(25(29)30)31-26(2,3)4/h7-14,24H,15H2,1-6H3,(H,29,30). The number of halogens is 1. The molecular formula is C26H30ClNO3. The Morgan fingerprint density at radius 3 is 2.16 bits per heavy atom. The Labute approximate surface area is 189 Å². The van der Waals surface area contributed by atoms with Crippen molar-refractivity contribution in [2.75, 3.05) is 14.1 Å². The van der Waals surface area contributed by atoms with E-state index in [1.807, 2.05) is 78.2 Å². The quantitative estimate of drug-likeness (QED) is 0.478. The maximum absolute atomic E-state index is 12.5. The highest BCUT2D eigenvalue weighted by Crippen LogP contribution is 2.43. The lowest BCUT2D eigenvalue weighted by molar-refractivity contribution is -0.160. The second-order valence-corrected chi connectivity index (χ2v) is 9.57. The van der Waals surface area contributed by atoms with Crippen molar-refractivity contribution in [1.82, 2.24) is 4.90 Å². The monoisotopic (exact) mass is 439 g/mol. The number of carboxylic acids is 1. The number of rotatable bonds is 6. The van der Waals surface area contributed by atoms with Crippen LogP contribution >= 0.6 is 11.6 Å². The van der Waals surface area contributed by atoms with Crippen LogP contribution in [0.5, 0.6) is 0 Å². The van der Waals surface area contributed by atoms with Gasteiger partial charge in [-0.15, -0.1) is 0 Å². The molecule has 0 heterocycles. The molecule has 3 aromatic carbocycles. The molecule has 0 aliphatic rings. The smallest absolute Gasteiger partial charge is 0.337 e. The van der Waals surface area contributed by atoms with Crippen molar-refractivity contribution in [2.45, 2.75) is 45.9 Å². The topological polar surface area (TPSA) is 49.8 Å². The van der Waals surface area contributed by atoms with Crippen molar-refractivity contribution >= 4 is 28.3 Å². The first-order valence-electron chi connectivity index (χ1n) is 10.3. The van der Waals surface area contributed by atoms with Gasteiger partial charge in [-0.2, -0.15) is 0 Å². The van der Waals surface area contributed by atoms with Gasteiger partial charge in [0.25, 0.3) is 0 Å². The van der Waals surface area contributed by atoms with Crippen molar-refractivity contribution in [3.05, 3.63) is 70.2 Å². The summed E-state index contributed by atoms with van der Waals surface area (Å²) in [6.45, 7) is 8.33. The number of hydrogen-bond acceptors (Lipinski definition) is 3. The molecule has 3 aromatic rings. The Balaban J connectivity index is 2.47. The van der Waals surface area contributed by atoms with E-state index in [9.17, 15) is 9.90 Å². The van der Waals surface area contributed by atoms with Gasteiger partial charge in [-0.25, -0.2) is 4.79 Å². The van der Waals surface area contributed by atoms with Gasteiger partial charge in [0, 0.05) is 17.1 Å². The summed E-state index contributed by atoms with van der Waals surface area (Å²) in [5.41, 5.74) is 3.91. The maximum Gasteiger partial charge on any atom is 0.337 e. The Hall–Kier alpha value is -2.40. The fraction of sp³-hybridized carbons (Fsp3) is 0.346. The Morgan fingerprint density at radius 2 is 1.65 bits per heavy atom. The molecule has 0 saturated heterocycles. The number of fused-ring (bicyclic) bond motifs is 1. The molecule has 1 N–H and O–H groups in total. The molecule has 0 aliphatic heterocycles. The van der Waals surface area contributed by atoms with Gasteiger partial charge in [-0.05, 0) is 86.9 Å². The van der Waals surface area contributed by atoms with Crippen LogP contribution in [0.4, 0.5) is 0 Å². The minimum Gasteiger partial charge on any atom is -0.479 e. The molecule has 0 aliphatic carbocycles. The lowest BCUT2D eigenvalue weighted by atomic mass is 9.83. The van der Waals surface area contributed by atoms with Gasteiger partial charge in [0.2, 0.25) is 0 Å². The van der Waals surface area contributed by atoms with E-state index in [0.717, 1.165) is 33.0 Å². The molecule has 164 valence electrons. The van der Waals surface area contributed by atoms with Gasteiger partial charge in [-0.3, -0.25) is 0 Å². The largest absolute Gasteiger partial charge is 0.479 e. The minimum absolute atomic E-state index is 0.625. The van der Waals surface area contributed by atoms with Gasteiger partial charge < -0.3 is 14.7 Å². The molecule has 31 heavy (non-hydrogen) atoms. The summed E-state index contributed by atoms with van der Waals surface area (Å²) < 4.78 is 6.12. The summed E-state index contributed by atoms with van der Waals surface area (Å²) in [7, 11) is 4.03. The van der Waals surface area contributed by atoms with Crippen molar-refractivity contribution < 1.29 is 14.6 Å². The van der Waals surface area contributed by atoms with Crippen LogP contribution in [0.2, 0.25) is 5.02 Å². The SMILES string of the molecule is Cc1c(C(OC(C)(C)C)C(=O)O)c(-c2ccc(Cl)cc2)c2ccccc2c1CN(C)C. The molecule has 5 heteroatoms. The Morgan fingerprint density at radius 1 is 1.06 bits per heavy atom. The van der Waals surface area contributed by atoms with Gasteiger partial charge in [-0.1, -0.05) is 48.0 Å². The number of nitrogens with zero attached hydrogens (tertiary/aromatic N) is 1. The van der Waals surface area contributed by atoms with E-state index in [1.54, 1.807) is 0 Å². The molecule has 0 bridgehead atoms. The number of aliphatic carboxylic acids is 1. The fourth-order valence-corrected chi connectivity index (χ4v) is 4.15. The third-order valence-electron chi connectivity index (χ3n) is 5.21. The van der Waals surface area contributed by atoms with Crippen LogP contribution in [0.25, 0.3) is 21.9 Å². The summed E-state index contributed by atoms with van der Waals surface area (Å²) in [5, 5.41) is 13.0. The summed E-state index contributed by atoms with van der Waals surface area (Å²) in [4.78, 5) is 14.6. The summed E-state index contributed by atoms with van der Waals surface area (Å²) in [6, 6.07) is 15.7. The Bertz CT molecular complexity index is 1100. The van der Waals surface area contributed by atoms with E-state index in [2.05, 4.69) is 17.0 Å². The molecule has 3 rings (SSSR count). The molecule has 4 nitrogen and oxygen atoms in total. The first-order chi connectivity index (χ1) is 14.5. The second-order valence-electron chi connectivity index (χ2n) is 9.13. The molecule has 0 fully saturated rings. The lowest BCUT2D eigenvalue weighted by Crippen LogP contribution is -2.28. The van der Waals surface area contributed by atoms with Crippen LogP contribution in [0.3, 0.4) is 0 Å². The third kappa shape index (κ3) is 5.09. The molecule has 0 saturated carbocycles. The molecule has 1 unspecified atom stereocenters. The molecule has 0 amide bonds. The van der Waals surface area contributed by atoms with Crippen LogP contribution in [0, 0.1) is 6.92 Å². The van der Waals surface area contributed by atoms with Crippen LogP contribution in [0.15, 0.2) is 48.5 Å². The van der Waals surface area contributed by atoms with Gasteiger partial charge in [0.1, 0.15) is 0 Å². The highest BCUT2D eigenvalue weighted by molar-refractivity contribution is 6.30. The molecule has 1 atom stereocenters. The van der Waals surface area contributed by atoms with E-state index in [0.29, 0.717) is 17.1 Å². The predicted octanol–water partition coefficient (Wildman–Crippen LogP) is 6.47. The van der Waals surface area contributed by atoms with Crippen molar-refractivity contribution in [1.29, 1.82) is 0 Å². The highest BCUT2D eigenvalue weighted by atomic mass is 35.5. The normalized spacial score (nSPS) is 13.0. The highest BCUT2D eigenvalue weighted by Gasteiger charge is 2.32. The number of carboxylic acid groups (broad SMARTS) is 1. The number of hydrogen-bond donors (Lipinski definition) is 1. The zero-order valence-corrected chi connectivity index (χ0v) is 19.7. The van der Waals surface area contributed by atoms with Crippen molar-refractivity contribution in [2.24, 2.45) is 0 Å². The van der Waals surface area contributed by atoms with E-state index < -0.39 is 17.7 Å². The fourth-order valence-electron chi connectivity index (χ4n) is 4.02. The first-order valence-corrected chi connectivity index (χ1v) is 10.7. The average molecular weight is 440 g/mol. The van der Waals surface area contributed by atoms with E-state index >= 15 is 0 Å². The van der Waals surface area contributed by atoms with Crippen LogP contribution < -0.4 is 0 Å². The van der Waals surface area contributed by atoms with E-state index in [1.165, 1.54) is 0 Å². The summed E-state index contributed by atoms with van der Waals surface area (Å²) in [5.74, 6) is -1.00. The summed E-state index contributed by atoms with van der Waals surface area (Å²) >= 11 is 6.15. The third-order valence-corrected chi connectivity index (χ3v) is 5.46. The number of ether oxygens (including phenoxy) is 1. The zero-order chi connectivity index (χ0) is 22.9. The predicted molar refractivity (Wildman–Crippen MR) is 128 cm³/mol. The molecule has 0 spiro atoms. The van der Waals surface area contributed by atoms with Crippen LogP contribution in [0.1, 0.15) is 43.6 Å². The maximum atomic E-state index is 12.5. The summed E-state index contributed by atoms with van der Waals surface area (Å²) in [6.07, 6.45) is -1.10. The molecular weight excluding hydrogens is 410 g/mol. The van der Waals surface area contributed by atoms with Gasteiger partial charge >= 0.3 is 5.97 Å². The van der Waals surface area contributed by atoms with Crippen molar-refractivity contribution in [3.8, 4) is 11.1 Å². The van der Waals surface area contributed by atoms with E-state index in [4.69, 9.17) is 16.3 Å². The van der Waals surface area contributed by atoms with Gasteiger partial charge in [0.05, 0.1) is 5.60 Å². The lowest BCUT2D eigenvalue weighted by Gasteiger charge is -2.30.